The summed E-state index contributed by atoms with van der Waals surface area (Å²) < 4.78 is 0. The first-order chi connectivity index (χ1) is 6.33. The summed E-state index contributed by atoms with van der Waals surface area (Å²) in [7, 11) is 0. The van der Waals surface area contributed by atoms with E-state index in [2.05, 4.69) is 18.3 Å². The van der Waals surface area contributed by atoms with Gasteiger partial charge >= 0.3 is 0 Å². The highest BCUT2D eigenvalue weighted by atomic mass is 16.3. The van der Waals surface area contributed by atoms with Gasteiger partial charge in [-0.05, 0) is 18.1 Å². The lowest BCUT2D eigenvalue weighted by Crippen LogP contribution is -2.11. The summed E-state index contributed by atoms with van der Waals surface area (Å²) in [5, 5.41) is 13.1. The minimum absolute atomic E-state index is 0.362. The average Bonchev–Trinajstić information content (AvgIpc) is 2.51. The molecule has 2 heteroatoms. The van der Waals surface area contributed by atoms with Crippen molar-refractivity contribution in [2.24, 2.45) is 0 Å². The third-order valence-corrected chi connectivity index (χ3v) is 2.64. The topological polar surface area (TPSA) is 32.3 Å². The monoisotopic (exact) mass is 177 g/mol. The maximum absolute atomic E-state index is 9.69. The molecule has 2 N–H and O–H groups in total. The van der Waals surface area contributed by atoms with Gasteiger partial charge < -0.3 is 10.4 Å². The molecule has 1 aliphatic heterocycles. The number of phenols is 1. The van der Waals surface area contributed by atoms with Crippen LogP contribution in [-0.4, -0.2) is 5.11 Å². The molecule has 0 aromatic heterocycles. The van der Waals surface area contributed by atoms with Gasteiger partial charge in [-0.2, -0.15) is 0 Å². The second-order valence-corrected chi connectivity index (χ2v) is 3.57. The Labute approximate surface area is 78.6 Å². The van der Waals surface area contributed by atoms with E-state index in [1.165, 1.54) is 5.56 Å². The molecule has 0 fully saturated rings. The molecular formula is C11H15NO. The Morgan fingerprint density at radius 3 is 3.15 bits per heavy atom. The molecule has 0 saturated carbocycles. The van der Waals surface area contributed by atoms with Gasteiger partial charge in [0.1, 0.15) is 5.75 Å². The first-order valence-corrected chi connectivity index (χ1v) is 4.87. The molecule has 0 amide bonds. The van der Waals surface area contributed by atoms with Gasteiger partial charge in [0.2, 0.25) is 0 Å². The predicted molar refractivity (Wildman–Crippen MR) is 52.6 cm³/mol. The van der Waals surface area contributed by atoms with Crippen LogP contribution in [0, 0.1) is 0 Å². The van der Waals surface area contributed by atoms with E-state index in [1.807, 2.05) is 6.07 Å². The van der Waals surface area contributed by atoms with Gasteiger partial charge in [-0.15, -0.1) is 0 Å². The van der Waals surface area contributed by atoms with Crippen molar-refractivity contribution in [1.82, 2.24) is 5.32 Å². The lowest BCUT2D eigenvalue weighted by Gasteiger charge is -2.11. The number of hydrogen-bond acceptors (Lipinski definition) is 2. The fourth-order valence-corrected chi connectivity index (χ4v) is 2.03. The van der Waals surface area contributed by atoms with Gasteiger partial charge in [-0.25, -0.2) is 0 Å². The van der Waals surface area contributed by atoms with E-state index < -0.39 is 0 Å². The van der Waals surface area contributed by atoms with E-state index in [1.54, 1.807) is 6.07 Å². The standard InChI is InChI=1S/C11H15NO/c1-2-4-9-11-8(7-12-9)5-3-6-10(11)13/h3,5-6,9,12-13H,2,4,7H2,1H3. The lowest BCUT2D eigenvalue weighted by molar-refractivity contribution is 0.451. The normalized spacial score (nSPS) is 20.2. The van der Waals surface area contributed by atoms with Gasteiger partial charge in [0.25, 0.3) is 0 Å². The SMILES string of the molecule is CCCC1NCc2cccc(O)c21. The zero-order valence-electron chi connectivity index (χ0n) is 7.88. The Morgan fingerprint density at radius 2 is 2.38 bits per heavy atom. The molecule has 0 spiro atoms. The van der Waals surface area contributed by atoms with Crippen molar-refractivity contribution < 1.29 is 5.11 Å². The molecule has 1 aromatic rings. The highest BCUT2D eigenvalue weighted by Crippen LogP contribution is 2.34. The number of phenolic OH excluding ortho intramolecular Hbond substituents is 1. The predicted octanol–water partition coefficient (Wildman–Crippen LogP) is 2.34. The summed E-state index contributed by atoms with van der Waals surface area (Å²) in [4.78, 5) is 0. The largest absolute Gasteiger partial charge is 0.508 e. The van der Waals surface area contributed by atoms with Crippen LogP contribution in [0.4, 0.5) is 0 Å². The van der Waals surface area contributed by atoms with E-state index in [4.69, 9.17) is 0 Å². The first-order valence-electron chi connectivity index (χ1n) is 4.87. The van der Waals surface area contributed by atoms with E-state index in [-0.39, 0.29) is 0 Å². The van der Waals surface area contributed by atoms with Gasteiger partial charge in [-0.1, -0.05) is 25.5 Å². The molecule has 0 saturated heterocycles. The van der Waals surface area contributed by atoms with Crippen molar-refractivity contribution in [2.75, 3.05) is 0 Å². The lowest BCUT2D eigenvalue weighted by atomic mass is 10.0. The fraction of sp³-hybridized carbons (Fsp3) is 0.455. The molecular weight excluding hydrogens is 162 g/mol. The van der Waals surface area contributed by atoms with Gasteiger partial charge in [0.15, 0.2) is 0 Å². The van der Waals surface area contributed by atoms with Crippen molar-refractivity contribution in [3.63, 3.8) is 0 Å². The Kier molecular flexibility index (Phi) is 2.23. The van der Waals surface area contributed by atoms with Crippen LogP contribution in [0.5, 0.6) is 5.75 Å². The minimum Gasteiger partial charge on any atom is -0.508 e. The van der Waals surface area contributed by atoms with Crippen molar-refractivity contribution in [3.05, 3.63) is 29.3 Å². The molecule has 1 aromatic carbocycles. The second kappa shape index (κ2) is 3.38. The summed E-state index contributed by atoms with van der Waals surface area (Å²) in [6.45, 7) is 3.06. The molecule has 0 aliphatic carbocycles. The maximum atomic E-state index is 9.69. The van der Waals surface area contributed by atoms with Crippen LogP contribution >= 0.6 is 0 Å². The molecule has 0 radical (unpaired) electrons. The fourth-order valence-electron chi connectivity index (χ4n) is 2.03. The summed E-state index contributed by atoms with van der Waals surface area (Å²) in [6.07, 6.45) is 2.25. The van der Waals surface area contributed by atoms with E-state index in [0.29, 0.717) is 11.8 Å². The number of hydrogen-bond donors (Lipinski definition) is 2. The van der Waals surface area contributed by atoms with Crippen LogP contribution in [-0.2, 0) is 6.54 Å². The molecule has 1 heterocycles. The molecule has 2 rings (SSSR count). The summed E-state index contributed by atoms with van der Waals surface area (Å²) in [6, 6.07) is 6.12. The van der Waals surface area contributed by atoms with Crippen molar-refractivity contribution in [2.45, 2.75) is 32.4 Å². The second-order valence-electron chi connectivity index (χ2n) is 3.57. The molecule has 2 nitrogen and oxygen atoms in total. The number of benzene rings is 1. The van der Waals surface area contributed by atoms with Crippen LogP contribution in [0.3, 0.4) is 0 Å². The van der Waals surface area contributed by atoms with Crippen LogP contribution in [0.1, 0.15) is 36.9 Å². The average molecular weight is 177 g/mol. The molecule has 1 atom stereocenters. The van der Waals surface area contributed by atoms with Gasteiger partial charge in [0, 0.05) is 18.2 Å². The highest BCUT2D eigenvalue weighted by Gasteiger charge is 2.23. The van der Waals surface area contributed by atoms with E-state index >= 15 is 0 Å². The number of fused-ring (bicyclic) bond motifs is 1. The van der Waals surface area contributed by atoms with Crippen molar-refractivity contribution >= 4 is 0 Å². The zero-order valence-corrected chi connectivity index (χ0v) is 7.88. The Bertz CT molecular complexity index is 307. The minimum atomic E-state index is 0.362. The summed E-state index contributed by atoms with van der Waals surface area (Å²) >= 11 is 0. The Balaban J connectivity index is 2.34. The molecule has 1 unspecified atom stereocenters. The first kappa shape index (κ1) is 8.57. The van der Waals surface area contributed by atoms with Gasteiger partial charge in [0.05, 0.1) is 0 Å². The smallest absolute Gasteiger partial charge is 0.120 e. The third kappa shape index (κ3) is 1.42. The maximum Gasteiger partial charge on any atom is 0.120 e. The Hall–Kier alpha value is -1.02. The van der Waals surface area contributed by atoms with Gasteiger partial charge in [-0.3, -0.25) is 0 Å². The van der Waals surface area contributed by atoms with Crippen LogP contribution in [0.2, 0.25) is 0 Å². The highest BCUT2D eigenvalue weighted by molar-refractivity contribution is 5.44. The molecule has 70 valence electrons. The molecule has 0 bridgehead atoms. The van der Waals surface area contributed by atoms with E-state index in [9.17, 15) is 5.11 Å². The molecule has 13 heavy (non-hydrogen) atoms. The third-order valence-electron chi connectivity index (χ3n) is 2.64. The number of aromatic hydroxyl groups is 1. The Morgan fingerprint density at radius 1 is 1.54 bits per heavy atom. The van der Waals surface area contributed by atoms with Crippen molar-refractivity contribution in [1.29, 1.82) is 0 Å². The summed E-state index contributed by atoms with van der Waals surface area (Å²) in [5.41, 5.74) is 2.36. The van der Waals surface area contributed by atoms with Crippen LogP contribution < -0.4 is 5.32 Å². The van der Waals surface area contributed by atoms with E-state index in [0.717, 1.165) is 24.9 Å². The number of rotatable bonds is 2. The van der Waals surface area contributed by atoms with Crippen LogP contribution in [0.25, 0.3) is 0 Å². The zero-order chi connectivity index (χ0) is 9.26. The number of nitrogens with one attached hydrogen (secondary N) is 1. The van der Waals surface area contributed by atoms with Crippen LogP contribution in [0.15, 0.2) is 18.2 Å². The quantitative estimate of drug-likeness (QED) is 0.726. The summed E-state index contributed by atoms with van der Waals surface area (Å²) in [5.74, 6) is 0.445. The van der Waals surface area contributed by atoms with Crippen molar-refractivity contribution in [3.8, 4) is 5.75 Å². The molecule has 1 aliphatic rings.